The smallest absolute Gasteiger partial charge is 0.224 e. The summed E-state index contributed by atoms with van der Waals surface area (Å²) in [4.78, 5) is 16.3. The highest BCUT2D eigenvalue weighted by atomic mass is 32.1. The first-order valence-electron chi connectivity index (χ1n) is 5.04. The first kappa shape index (κ1) is 11.7. The van der Waals surface area contributed by atoms with Gasteiger partial charge in [0.15, 0.2) is 5.82 Å². The summed E-state index contributed by atoms with van der Waals surface area (Å²) in [5.74, 6) is 0.380. The third-order valence-corrected chi connectivity index (χ3v) is 2.45. The second kappa shape index (κ2) is 5.49. The van der Waals surface area contributed by atoms with E-state index in [1.54, 1.807) is 0 Å². The molecule has 0 aliphatic rings. The van der Waals surface area contributed by atoms with E-state index in [-0.39, 0.29) is 12.5 Å². The summed E-state index contributed by atoms with van der Waals surface area (Å²) in [5.41, 5.74) is 0.938. The number of hydrogen-bond donors (Lipinski definition) is 2. The molecule has 1 heterocycles. The predicted octanol–water partition coefficient (Wildman–Crippen LogP) is 1.22. The lowest BCUT2D eigenvalue weighted by molar-refractivity contribution is -0.120. The molecular formula is C11H11N3O2S. The maximum Gasteiger partial charge on any atom is 0.224 e. The highest BCUT2D eigenvalue weighted by Crippen LogP contribution is 2.08. The fourth-order valence-corrected chi connectivity index (χ4v) is 1.46. The minimum Gasteiger partial charge on any atom is -0.348 e. The van der Waals surface area contributed by atoms with Crippen LogP contribution in [0.25, 0.3) is 0 Å². The van der Waals surface area contributed by atoms with Crippen LogP contribution in [0.1, 0.15) is 11.4 Å². The van der Waals surface area contributed by atoms with Gasteiger partial charge in [0.05, 0.1) is 13.0 Å². The summed E-state index contributed by atoms with van der Waals surface area (Å²) >= 11 is 4.18. The zero-order chi connectivity index (χ0) is 12.1. The van der Waals surface area contributed by atoms with E-state index < -0.39 is 0 Å². The molecule has 0 spiro atoms. The van der Waals surface area contributed by atoms with Gasteiger partial charge in [-0.2, -0.15) is 4.98 Å². The molecule has 0 bridgehead atoms. The summed E-state index contributed by atoms with van der Waals surface area (Å²) in [6.07, 6.45) is 1.55. The fraction of sp³-hybridized carbons (Fsp3) is 0.182. The molecule has 0 unspecified atom stereocenters. The Morgan fingerprint density at radius 2 is 2.12 bits per heavy atom. The van der Waals surface area contributed by atoms with Gasteiger partial charge in [0, 0.05) is 4.90 Å². The molecule has 5 nitrogen and oxygen atoms in total. The lowest BCUT2D eigenvalue weighted by Crippen LogP contribution is -2.25. The second-order valence-corrected chi connectivity index (χ2v) is 3.98. The molecular weight excluding hydrogens is 238 g/mol. The number of amides is 1. The fourth-order valence-electron chi connectivity index (χ4n) is 1.31. The average Bonchev–Trinajstić information content (AvgIpc) is 2.83. The Morgan fingerprint density at radius 1 is 1.35 bits per heavy atom. The predicted molar refractivity (Wildman–Crippen MR) is 63.5 cm³/mol. The third-order valence-electron chi connectivity index (χ3n) is 2.15. The van der Waals surface area contributed by atoms with Gasteiger partial charge in [0.2, 0.25) is 12.3 Å². The lowest BCUT2D eigenvalue weighted by Gasteiger charge is -2.02. The van der Waals surface area contributed by atoms with Crippen molar-refractivity contribution in [2.24, 2.45) is 0 Å². The van der Waals surface area contributed by atoms with Crippen LogP contribution in [0.3, 0.4) is 0 Å². The lowest BCUT2D eigenvalue weighted by atomic mass is 10.1. The SMILES string of the molecule is O=C(Cc1ccc(S)cc1)NCc1ncon1. The van der Waals surface area contributed by atoms with Crippen LogP contribution in [-0.4, -0.2) is 16.0 Å². The Morgan fingerprint density at radius 3 is 2.76 bits per heavy atom. The number of rotatable bonds is 4. The van der Waals surface area contributed by atoms with Crippen LogP contribution in [0.5, 0.6) is 0 Å². The number of benzene rings is 1. The molecule has 0 radical (unpaired) electrons. The Hall–Kier alpha value is -1.82. The normalized spacial score (nSPS) is 10.2. The number of carbonyl (C=O) groups is 1. The van der Waals surface area contributed by atoms with Gasteiger partial charge in [-0.1, -0.05) is 17.3 Å². The molecule has 1 N–H and O–H groups in total. The van der Waals surface area contributed by atoms with Crippen LogP contribution in [0.15, 0.2) is 40.1 Å². The average molecular weight is 249 g/mol. The van der Waals surface area contributed by atoms with E-state index in [2.05, 4.69) is 32.6 Å². The van der Waals surface area contributed by atoms with E-state index in [4.69, 9.17) is 0 Å². The summed E-state index contributed by atoms with van der Waals surface area (Å²) in [6.45, 7) is 0.278. The van der Waals surface area contributed by atoms with Gasteiger partial charge in [-0.25, -0.2) is 0 Å². The summed E-state index contributed by atoms with van der Waals surface area (Å²) in [6, 6.07) is 7.45. The molecule has 0 fully saturated rings. The second-order valence-electron chi connectivity index (χ2n) is 3.47. The molecule has 0 saturated heterocycles. The monoisotopic (exact) mass is 249 g/mol. The van der Waals surface area contributed by atoms with Crippen molar-refractivity contribution in [2.75, 3.05) is 0 Å². The van der Waals surface area contributed by atoms with Crippen LogP contribution in [0.2, 0.25) is 0 Å². The van der Waals surface area contributed by atoms with Crippen molar-refractivity contribution >= 4 is 18.5 Å². The van der Waals surface area contributed by atoms with E-state index in [9.17, 15) is 4.79 Å². The van der Waals surface area contributed by atoms with Crippen molar-refractivity contribution in [3.8, 4) is 0 Å². The number of thiol groups is 1. The topological polar surface area (TPSA) is 68.0 Å². The highest BCUT2D eigenvalue weighted by molar-refractivity contribution is 7.80. The Labute approximate surface area is 104 Å². The highest BCUT2D eigenvalue weighted by Gasteiger charge is 2.04. The molecule has 0 aliphatic carbocycles. The van der Waals surface area contributed by atoms with Crippen molar-refractivity contribution in [2.45, 2.75) is 17.9 Å². The van der Waals surface area contributed by atoms with Gasteiger partial charge in [0.1, 0.15) is 0 Å². The molecule has 2 aromatic rings. The number of carbonyl (C=O) groups excluding carboxylic acids is 1. The van der Waals surface area contributed by atoms with Gasteiger partial charge < -0.3 is 9.84 Å². The summed E-state index contributed by atoms with van der Waals surface area (Å²) in [7, 11) is 0. The largest absolute Gasteiger partial charge is 0.348 e. The third kappa shape index (κ3) is 3.60. The Bertz CT molecular complexity index is 482. The van der Waals surface area contributed by atoms with Crippen molar-refractivity contribution in [3.05, 3.63) is 42.0 Å². The summed E-state index contributed by atoms with van der Waals surface area (Å²) < 4.78 is 4.56. The molecule has 6 heteroatoms. The maximum atomic E-state index is 11.6. The van der Waals surface area contributed by atoms with E-state index >= 15 is 0 Å². The molecule has 88 valence electrons. The zero-order valence-electron chi connectivity index (χ0n) is 8.96. The van der Waals surface area contributed by atoms with Gasteiger partial charge in [-0.15, -0.1) is 12.6 Å². The quantitative estimate of drug-likeness (QED) is 0.799. The molecule has 0 atom stereocenters. The van der Waals surface area contributed by atoms with E-state index in [0.29, 0.717) is 12.2 Å². The molecule has 2 rings (SSSR count). The van der Waals surface area contributed by atoms with E-state index in [1.807, 2.05) is 24.3 Å². The van der Waals surface area contributed by atoms with Crippen LogP contribution in [-0.2, 0) is 17.8 Å². The minimum absolute atomic E-state index is 0.0817. The number of aromatic nitrogens is 2. The van der Waals surface area contributed by atoms with E-state index in [0.717, 1.165) is 10.5 Å². The first-order valence-corrected chi connectivity index (χ1v) is 5.48. The van der Waals surface area contributed by atoms with Gasteiger partial charge in [-0.3, -0.25) is 4.79 Å². The van der Waals surface area contributed by atoms with Gasteiger partial charge in [-0.05, 0) is 17.7 Å². The number of nitrogens with zero attached hydrogens (tertiary/aromatic N) is 2. The molecule has 17 heavy (non-hydrogen) atoms. The van der Waals surface area contributed by atoms with Gasteiger partial charge >= 0.3 is 0 Å². The Balaban J connectivity index is 1.83. The molecule has 0 saturated carbocycles. The van der Waals surface area contributed by atoms with Crippen molar-refractivity contribution in [1.29, 1.82) is 0 Å². The first-order chi connectivity index (χ1) is 8.24. The molecule has 1 aromatic carbocycles. The van der Waals surface area contributed by atoms with Crippen LogP contribution in [0.4, 0.5) is 0 Å². The van der Waals surface area contributed by atoms with Crippen LogP contribution < -0.4 is 5.32 Å². The van der Waals surface area contributed by atoms with E-state index in [1.165, 1.54) is 6.39 Å². The van der Waals surface area contributed by atoms with Crippen molar-refractivity contribution in [3.63, 3.8) is 0 Å². The maximum absolute atomic E-state index is 11.6. The molecule has 0 aliphatic heterocycles. The zero-order valence-corrected chi connectivity index (χ0v) is 9.85. The molecule has 1 aromatic heterocycles. The van der Waals surface area contributed by atoms with Gasteiger partial charge in [0.25, 0.3) is 0 Å². The van der Waals surface area contributed by atoms with Crippen LogP contribution in [0, 0.1) is 0 Å². The standard InChI is InChI=1S/C11H11N3O2S/c15-11(12-6-10-13-7-16-14-10)5-8-1-3-9(17)4-2-8/h1-4,7,17H,5-6H2,(H,12,15). The summed E-state index contributed by atoms with van der Waals surface area (Å²) in [5, 5.41) is 6.30. The number of nitrogens with one attached hydrogen (secondary N) is 1. The van der Waals surface area contributed by atoms with Crippen LogP contribution >= 0.6 is 12.6 Å². The number of hydrogen-bond acceptors (Lipinski definition) is 5. The Kier molecular flexibility index (Phi) is 3.77. The minimum atomic E-state index is -0.0817. The van der Waals surface area contributed by atoms with Crippen molar-refractivity contribution < 1.29 is 9.32 Å². The van der Waals surface area contributed by atoms with Crippen molar-refractivity contribution in [1.82, 2.24) is 15.5 Å². The molecule has 1 amide bonds.